The number of amides is 2. The van der Waals surface area contributed by atoms with Gasteiger partial charge in [0.25, 0.3) is 0 Å². The van der Waals surface area contributed by atoms with Crippen molar-refractivity contribution in [3.8, 4) is 11.5 Å². The van der Waals surface area contributed by atoms with Crippen LogP contribution in [0.4, 0.5) is 5.69 Å². The molecule has 2 aliphatic heterocycles. The van der Waals surface area contributed by atoms with Gasteiger partial charge in [0, 0.05) is 24.7 Å². The van der Waals surface area contributed by atoms with E-state index < -0.39 is 0 Å². The van der Waals surface area contributed by atoms with E-state index in [2.05, 4.69) is 23.5 Å². The molecule has 1 saturated heterocycles. The van der Waals surface area contributed by atoms with Crippen molar-refractivity contribution in [2.45, 2.75) is 45.1 Å². The van der Waals surface area contributed by atoms with Crippen LogP contribution >= 0.6 is 0 Å². The van der Waals surface area contributed by atoms with Gasteiger partial charge < -0.3 is 19.7 Å². The summed E-state index contributed by atoms with van der Waals surface area (Å²) in [5, 5.41) is 3.12. The van der Waals surface area contributed by atoms with Gasteiger partial charge in [-0.3, -0.25) is 9.59 Å². The van der Waals surface area contributed by atoms with Gasteiger partial charge in [-0.1, -0.05) is 18.2 Å². The summed E-state index contributed by atoms with van der Waals surface area (Å²) in [4.78, 5) is 27.1. The van der Waals surface area contributed by atoms with E-state index in [4.69, 9.17) is 9.47 Å². The predicted octanol–water partition coefficient (Wildman–Crippen LogP) is 3.52. The van der Waals surface area contributed by atoms with Crippen molar-refractivity contribution in [2.24, 2.45) is 5.92 Å². The van der Waals surface area contributed by atoms with Gasteiger partial charge in [-0.25, -0.2) is 0 Å². The third-order valence-corrected chi connectivity index (χ3v) is 6.39. The van der Waals surface area contributed by atoms with Crippen molar-refractivity contribution >= 4 is 17.5 Å². The lowest BCUT2D eigenvalue weighted by atomic mass is 9.89. The fourth-order valence-corrected chi connectivity index (χ4v) is 4.62. The Bertz CT molecular complexity index is 1000. The van der Waals surface area contributed by atoms with Crippen molar-refractivity contribution in [3.63, 3.8) is 0 Å². The van der Waals surface area contributed by atoms with Gasteiger partial charge >= 0.3 is 0 Å². The second-order valence-corrected chi connectivity index (χ2v) is 8.41. The van der Waals surface area contributed by atoms with Crippen LogP contribution in [0.2, 0.25) is 0 Å². The van der Waals surface area contributed by atoms with Crippen molar-refractivity contribution in [3.05, 3.63) is 53.1 Å². The zero-order valence-electron chi connectivity index (χ0n) is 17.1. The largest absolute Gasteiger partial charge is 0.454 e. The molecule has 1 N–H and O–H groups in total. The normalized spacial score (nSPS) is 20.8. The Morgan fingerprint density at radius 1 is 1.07 bits per heavy atom. The number of nitrogens with one attached hydrogen (secondary N) is 1. The van der Waals surface area contributed by atoms with E-state index >= 15 is 0 Å². The van der Waals surface area contributed by atoms with Gasteiger partial charge in [0.2, 0.25) is 18.6 Å². The molecule has 0 aromatic heterocycles. The molecule has 1 fully saturated rings. The zero-order chi connectivity index (χ0) is 20.7. The maximum Gasteiger partial charge on any atom is 0.231 e. The van der Waals surface area contributed by atoms with Crippen molar-refractivity contribution in [1.82, 2.24) is 5.32 Å². The van der Waals surface area contributed by atoms with Gasteiger partial charge in [0.1, 0.15) is 0 Å². The lowest BCUT2D eigenvalue weighted by molar-refractivity contribution is -0.126. The number of hydrogen-bond donors (Lipinski definition) is 1. The molecule has 2 amide bonds. The number of rotatable bonds is 4. The predicted molar refractivity (Wildman–Crippen MR) is 113 cm³/mol. The minimum atomic E-state index is -0.358. The molecule has 2 atom stereocenters. The summed E-state index contributed by atoms with van der Waals surface area (Å²) in [7, 11) is 0. The summed E-state index contributed by atoms with van der Waals surface area (Å²) in [6, 6.07) is 11.9. The van der Waals surface area contributed by atoms with Crippen LogP contribution in [0.25, 0.3) is 0 Å². The van der Waals surface area contributed by atoms with Gasteiger partial charge in [0.05, 0.1) is 12.0 Å². The quantitative estimate of drug-likeness (QED) is 0.844. The molecule has 5 rings (SSSR count). The lowest BCUT2D eigenvalue weighted by Gasteiger charge is -2.21. The Morgan fingerprint density at radius 3 is 2.73 bits per heavy atom. The fourth-order valence-electron chi connectivity index (χ4n) is 4.62. The highest BCUT2D eigenvalue weighted by Gasteiger charge is 2.36. The van der Waals surface area contributed by atoms with E-state index in [1.54, 1.807) is 17.0 Å². The molecule has 2 heterocycles. The number of fused-ring (bicyclic) bond motifs is 2. The van der Waals surface area contributed by atoms with Crippen LogP contribution in [-0.4, -0.2) is 25.2 Å². The lowest BCUT2D eigenvalue weighted by Crippen LogP contribution is -2.34. The summed E-state index contributed by atoms with van der Waals surface area (Å²) >= 11 is 0. The topological polar surface area (TPSA) is 67.9 Å². The highest BCUT2D eigenvalue weighted by atomic mass is 16.7. The second-order valence-electron chi connectivity index (χ2n) is 8.41. The summed E-state index contributed by atoms with van der Waals surface area (Å²) in [6.45, 7) is 2.58. The van der Waals surface area contributed by atoms with Crippen LogP contribution in [-0.2, 0) is 22.4 Å². The van der Waals surface area contributed by atoms with Crippen LogP contribution in [0.1, 0.15) is 48.9 Å². The Balaban J connectivity index is 1.25. The number of benzene rings is 2. The number of ether oxygens (including phenoxy) is 2. The molecule has 2 unspecified atom stereocenters. The number of aryl methyl sites for hydroxylation is 2. The molecule has 0 spiro atoms. The molecular formula is C24H26N2O4. The molecule has 0 radical (unpaired) electrons. The third kappa shape index (κ3) is 3.51. The first-order valence-corrected chi connectivity index (χ1v) is 10.7. The van der Waals surface area contributed by atoms with Crippen LogP contribution in [0, 0.1) is 5.92 Å². The van der Waals surface area contributed by atoms with Gasteiger partial charge in [-0.2, -0.15) is 0 Å². The van der Waals surface area contributed by atoms with E-state index in [1.165, 1.54) is 24.0 Å². The van der Waals surface area contributed by atoms with Gasteiger partial charge in [-0.05, 0) is 61.4 Å². The van der Waals surface area contributed by atoms with Crippen molar-refractivity contribution in [1.29, 1.82) is 0 Å². The maximum absolute atomic E-state index is 12.9. The number of anilines is 1. The van der Waals surface area contributed by atoms with Gasteiger partial charge in [-0.15, -0.1) is 0 Å². The molecule has 2 aromatic carbocycles. The van der Waals surface area contributed by atoms with Crippen molar-refractivity contribution in [2.75, 3.05) is 18.2 Å². The van der Waals surface area contributed by atoms with E-state index in [1.807, 2.05) is 13.0 Å². The van der Waals surface area contributed by atoms with E-state index in [-0.39, 0.29) is 37.0 Å². The Hall–Kier alpha value is -3.02. The minimum Gasteiger partial charge on any atom is -0.454 e. The average molecular weight is 406 g/mol. The maximum atomic E-state index is 12.9. The Labute approximate surface area is 176 Å². The standard InChI is InChI=1S/C24H26N2O4/c1-15(17-7-6-16-4-2-3-5-18(16)10-17)25-24(28)19-11-23(27)26(13-19)20-8-9-21-22(12-20)30-14-29-21/h6-10,12,15,19H,2-5,11,13-14H2,1H3,(H,25,28). The van der Waals surface area contributed by atoms with E-state index in [9.17, 15) is 9.59 Å². The minimum absolute atomic E-state index is 0.0459. The molecular weight excluding hydrogens is 380 g/mol. The Morgan fingerprint density at radius 2 is 1.87 bits per heavy atom. The number of hydrogen-bond acceptors (Lipinski definition) is 4. The first-order valence-electron chi connectivity index (χ1n) is 10.7. The van der Waals surface area contributed by atoms with Crippen LogP contribution in [0.3, 0.4) is 0 Å². The Kier molecular flexibility index (Phi) is 4.85. The molecule has 2 aromatic rings. The van der Waals surface area contributed by atoms with Crippen LogP contribution in [0.15, 0.2) is 36.4 Å². The summed E-state index contributed by atoms with van der Waals surface area (Å²) in [6.07, 6.45) is 4.98. The third-order valence-electron chi connectivity index (χ3n) is 6.39. The average Bonchev–Trinajstić information content (AvgIpc) is 3.39. The number of carbonyl (C=O) groups is 2. The number of nitrogens with zero attached hydrogens (tertiary/aromatic N) is 1. The highest BCUT2D eigenvalue weighted by Crippen LogP contribution is 2.37. The van der Waals surface area contributed by atoms with Crippen LogP contribution in [0.5, 0.6) is 11.5 Å². The smallest absolute Gasteiger partial charge is 0.231 e. The van der Waals surface area contributed by atoms with Gasteiger partial charge in [0.15, 0.2) is 11.5 Å². The zero-order valence-corrected chi connectivity index (χ0v) is 17.1. The first kappa shape index (κ1) is 19.0. The first-order chi connectivity index (χ1) is 14.6. The van der Waals surface area contributed by atoms with Crippen molar-refractivity contribution < 1.29 is 19.1 Å². The highest BCUT2D eigenvalue weighted by molar-refractivity contribution is 6.00. The molecule has 0 bridgehead atoms. The van der Waals surface area contributed by atoms with Crippen LogP contribution < -0.4 is 19.7 Å². The molecule has 156 valence electrons. The summed E-state index contributed by atoms with van der Waals surface area (Å²) < 4.78 is 10.7. The molecule has 30 heavy (non-hydrogen) atoms. The fraction of sp³-hybridized carbons (Fsp3) is 0.417. The SMILES string of the molecule is CC(NC(=O)C1CC(=O)N(c2ccc3c(c2)OCO3)C1)c1ccc2c(c1)CCCC2. The molecule has 0 saturated carbocycles. The number of carbonyl (C=O) groups excluding carboxylic acids is 2. The van der Waals surface area contributed by atoms with E-state index in [0.29, 0.717) is 18.0 Å². The monoisotopic (exact) mass is 406 g/mol. The molecule has 3 aliphatic rings. The summed E-state index contributed by atoms with van der Waals surface area (Å²) in [5.41, 5.74) is 4.71. The molecule has 1 aliphatic carbocycles. The molecule has 6 heteroatoms. The second kappa shape index (κ2) is 7.67. The molecule has 6 nitrogen and oxygen atoms in total. The van der Waals surface area contributed by atoms with E-state index in [0.717, 1.165) is 24.1 Å². The summed E-state index contributed by atoms with van der Waals surface area (Å²) in [5.74, 6) is 0.836.